The molecule has 0 aliphatic carbocycles. The van der Waals surface area contributed by atoms with Gasteiger partial charge in [0.15, 0.2) is 5.15 Å². The van der Waals surface area contributed by atoms with Gasteiger partial charge in [-0.05, 0) is 12.8 Å². The van der Waals surface area contributed by atoms with E-state index in [0.717, 1.165) is 43.6 Å². The van der Waals surface area contributed by atoms with E-state index in [1.807, 2.05) is 0 Å². The minimum absolute atomic E-state index is 0.105. The lowest BCUT2D eigenvalue weighted by Gasteiger charge is -2.10. The van der Waals surface area contributed by atoms with Gasteiger partial charge in [-0.25, -0.2) is 4.98 Å². The lowest BCUT2D eigenvalue weighted by Crippen LogP contribution is -2.27. The van der Waals surface area contributed by atoms with Crippen molar-refractivity contribution in [3.8, 4) is 12.3 Å². The van der Waals surface area contributed by atoms with Crippen LogP contribution < -0.4 is 5.32 Å². The van der Waals surface area contributed by atoms with Gasteiger partial charge in [-0.1, -0.05) is 44.2 Å². The fraction of sp³-hybridized carbons (Fsp3) is 0.643. The van der Waals surface area contributed by atoms with Gasteiger partial charge < -0.3 is 4.98 Å². The Bertz CT molecular complexity index is 392. The van der Waals surface area contributed by atoms with Crippen molar-refractivity contribution in [1.29, 1.82) is 0 Å². The quantitative estimate of drug-likeness (QED) is 0.710. The topological polar surface area (TPSA) is 40.7 Å². The second kappa shape index (κ2) is 8.18. The van der Waals surface area contributed by atoms with E-state index < -0.39 is 0 Å². The summed E-state index contributed by atoms with van der Waals surface area (Å²) in [5.41, 5.74) is 0.930. The molecule has 3 nitrogen and oxygen atoms in total. The molecule has 0 radical (unpaired) electrons. The van der Waals surface area contributed by atoms with Gasteiger partial charge in [-0.2, -0.15) is 0 Å². The molecule has 0 aromatic carbocycles. The van der Waals surface area contributed by atoms with Crippen LogP contribution in [0.2, 0.25) is 5.15 Å². The molecule has 0 aliphatic rings. The van der Waals surface area contributed by atoms with Crippen molar-refractivity contribution in [2.75, 3.05) is 0 Å². The van der Waals surface area contributed by atoms with Gasteiger partial charge in [-0.15, -0.1) is 6.42 Å². The highest BCUT2D eigenvalue weighted by Gasteiger charge is 2.09. The number of rotatable bonds is 8. The number of aromatic amines is 1. The number of aryl methyl sites for hydroxylation is 1. The van der Waals surface area contributed by atoms with Gasteiger partial charge >= 0.3 is 0 Å². The number of nitrogens with one attached hydrogen (secondary N) is 2. The summed E-state index contributed by atoms with van der Waals surface area (Å²) in [5.74, 6) is 3.71. The zero-order chi connectivity index (χ0) is 13.4. The SMILES string of the molecule is C#CC(CCC)NCc1[nH]c(CCCC)nc1Cl. The molecular weight excluding hydrogens is 246 g/mol. The van der Waals surface area contributed by atoms with E-state index >= 15 is 0 Å². The molecule has 0 saturated carbocycles. The molecule has 0 spiro atoms. The van der Waals surface area contributed by atoms with Crippen LogP contribution >= 0.6 is 11.6 Å². The van der Waals surface area contributed by atoms with Gasteiger partial charge in [-0.3, -0.25) is 5.32 Å². The summed E-state index contributed by atoms with van der Waals surface area (Å²) in [6.45, 7) is 4.93. The fourth-order valence-corrected chi connectivity index (χ4v) is 1.99. The predicted octanol–water partition coefficient (Wildman–Crippen LogP) is 3.30. The molecule has 1 aromatic heterocycles. The van der Waals surface area contributed by atoms with Crippen molar-refractivity contribution in [2.24, 2.45) is 0 Å². The highest BCUT2D eigenvalue weighted by molar-refractivity contribution is 6.30. The molecule has 2 N–H and O–H groups in total. The highest BCUT2D eigenvalue weighted by Crippen LogP contribution is 2.14. The second-order valence-corrected chi connectivity index (χ2v) is 4.80. The van der Waals surface area contributed by atoms with Crippen LogP contribution in [0.5, 0.6) is 0 Å². The van der Waals surface area contributed by atoms with Crippen LogP contribution in [-0.2, 0) is 13.0 Å². The molecule has 4 heteroatoms. The molecular formula is C14H22ClN3. The third-order valence-corrected chi connectivity index (χ3v) is 3.16. The maximum atomic E-state index is 6.09. The molecule has 100 valence electrons. The predicted molar refractivity (Wildman–Crippen MR) is 76.6 cm³/mol. The number of aromatic nitrogens is 2. The molecule has 18 heavy (non-hydrogen) atoms. The summed E-state index contributed by atoms with van der Waals surface area (Å²) in [5, 5.41) is 3.86. The van der Waals surface area contributed by atoms with E-state index in [-0.39, 0.29) is 6.04 Å². The van der Waals surface area contributed by atoms with Crippen LogP contribution in [0.3, 0.4) is 0 Å². The number of hydrogen-bond donors (Lipinski definition) is 2. The molecule has 1 rings (SSSR count). The Morgan fingerprint density at radius 3 is 2.83 bits per heavy atom. The van der Waals surface area contributed by atoms with Crippen LogP contribution in [0.15, 0.2) is 0 Å². The number of unbranched alkanes of at least 4 members (excludes halogenated alkanes) is 1. The summed E-state index contributed by atoms with van der Waals surface area (Å²) in [7, 11) is 0. The maximum Gasteiger partial charge on any atom is 0.151 e. The van der Waals surface area contributed by atoms with Crippen molar-refractivity contribution in [1.82, 2.24) is 15.3 Å². The van der Waals surface area contributed by atoms with E-state index in [1.165, 1.54) is 0 Å². The van der Waals surface area contributed by atoms with E-state index in [4.69, 9.17) is 18.0 Å². The van der Waals surface area contributed by atoms with E-state index in [1.54, 1.807) is 0 Å². The Hall–Kier alpha value is -0.980. The minimum Gasteiger partial charge on any atom is -0.344 e. The van der Waals surface area contributed by atoms with Crippen molar-refractivity contribution in [3.63, 3.8) is 0 Å². The van der Waals surface area contributed by atoms with E-state index in [2.05, 4.69) is 35.1 Å². The molecule has 0 aliphatic heterocycles. The Labute approximate surface area is 115 Å². The summed E-state index contributed by atoms with van der Waals surface area (Å²) in [6.07, 6.45) is 10.7. The average molecular weight is 268 g/mol. The third-order valence-electron chi connectivity index (χ3n) is 2.85. The van der Waals surface area contributed by atoms with Gasteiger partial charge in [0.25, 0.3) is 0 Å². The first-order chi connectivity index (χ1) is 8.71. The van der Waals surface area contributed by atoms with Crippen LogP contribution in [0.4, 0.5) is 0 Å². The van der Waals surface area contributed by atoms with Gasteiger partial charge in [0.05, 0.1) is 11.7 Å². The largest absolute Gasteiger partial charge is 0.344 e. The number of terminal acetylenes is 1. The molecule has 1 heterocycles. The first-order valence-electron chi connectivity index (χ1n) is 6.64. The van der Waals surface area contributed by atoms with Gasteiger partial charge in [0.1, 0.15) is 5.82 Å². The summed E-state index contributed by atoms with van der Waals surface area (Å²) >= 11 is 6.09. The number of H-pyrrole nitrogens is 1. The Kier molecular flexibility index (Phi) is 6.85. The summed E-state index contributed by atoms with van der Waals surface area (Å²) in [4.78, 5) is 7.58. The molecule has 0 amide bonds. The van der Waals surface area contributed by atoms with Crippen molar-refractivity contribution in [2.45, 2.75) is 58.5 Å². The second-order valence-electron chi connectivity index (χ2n) is 4.45. The lowest BCUT2D eigenvalue weighted by atomic mass is 10.2. The zero-order valence-corrected chi connectivity index (χ0v) is 12.0. The van der Waals surface area contributed by atoms with Crippen LogP contribution in [-0.4, -0.2) is 16.0 Å². The van der Waals surface area contributed by atoms with Crippen molar-refractivity contribution < 1.29 is 0 Å². The first-order valence-corrected chi connectivity index (χ1v) is 7.01. The number of imidazole rings is 1. The molecule has 0 bridgehead atoms. The number of nitrogens with zero attached hydrogens (tertiary/aromatic N) is 1. The smallest absolute Gasteiger partial charge is 0.151 e. The standard InChI is InChI=1S/C14H22ClN3/c1-4-7-9-13-17-12(14(15)18-13)10-16-11(6-3)8-5-2/h3,11,16H,4-5,7-10H2,1-2H3,(H,17,18). The maximum absolute atomic E-state index is 6.09. The van der Waals surface area contributed by atoms with Crippen LogP contribution in [0, 0.1) is 12.3 Å². The lowest BCUT2D eigenvalue weighted by molar-refractivity contribution is 0.558. The number of halogens is 1. The minimum atomic E-state index is 0.105. The fourth-order valence-electron chi connectivity index (χ4n) is 1.78. The first kappa shape index (κ1) is 15.1. The Morgan fingerprint density at radius 1 is 1.44 bits per heavy atom. The zero-order valence-electron chi connectivity index (χ0n) is 11.2. The summed E-state index contributed by atoms with van der Waals surface area (Å²) in [6, 6.07) is 0.105. The molecule has 1 unspecified atom stereocenters. The van der Waals surface area contributed by atoms with E-state index in [0.29, 0.717) is 11.7 Å². The highest BCUT2D eigenvalue weighted by atomic mass is 35.5. The van der Waals surface area contributed by atoms with Crippen LogP contribution in [0.1, 0.15) is 51.0 Å². The normalized spacial score (nSPS) is 12.3. The van der Waals surface area contributed by atoms with Gasteiger partial charge in [0.2, 0.25) is 0 Å². The van der Waals surface area contributed by atoms with E-state index in [9.17, 15) is 0 Å². The molecule has 0 fully saturated rings. The molecule has 0 saturated heterocycles. The Morgan fingerprint density at radius 2 is 2.22 bits per heavy atom. The third kappa shape index (κ3) is 4.72. The molecule has 1 atom stereocenters. The molecule has 1 aromatic rings. The van der Waals surface area contributed by atoms with Crippen molar-refractivity contribution in [3.05, 3.63) is 16.7 Å². The van der Waals surface area contributed by atoms with Crippen LogP contribution in [0.25, 0.3) is 0 Å². The van der Waals surface area contributed by atoms with Crippen molar-refractivity contribution >= 4 is 11.6 Å². The summed E-state index contributed by atoms with van der Waals surface area (Å²) < 4.78 is 0. The number of hydrogen-bond acceptors (Lipinski definition) is 2. The average Bonchev–Trinajstić information content (AvgIpc) is 2.72. The monoisotopic (exact) mass is 267 g/mol. The Balaban J connectivity index is 2.51. The van der Waals surface area contributed by atoms with Gasteiger partial charge in [0, 0.05) is 13.0 Å².